The average molecular weight is 253 g/mol. The molecule has 15 heavy (non-hydrogen) atoms. The second kappa shape index (κ2) is 4.16. The monoisotopic (exact) mass is 252 g/mol. The minimum Gasteiger partial charge on any atom is -0.249 e. The average Bonchev–Trinajstić information content (AvgIpc) is 2.15. The predicted octanol–water partition coefficient (Wildman–Crippen LogP) is 1.96. The highest BCUT2D eigenvalue weighted by molar-refractivity contribution is 8.13. The van der Waals surface area contributed by atoms with Crippen LogP contribution < -0.4 is 0 Å². The lowest BCUT2D eigenvalue weighted by molar-refractivity contribution is -0.0788. The van der Waals surface area contributed by atoms with E-state index in [0.717, 1.165) is 6.07 Å². The molecule has 0 radical (unpaired) electrons. The normalized spacial score (nSPS) is 11.1. The summed E-state index contributed by atoms with van der Waals surface area (Å²) < 4.78 is 33.5. The molecule has 7 heteroatoms. The van der Waals surface area contributed by atoms with Crippen LogP contribution in [0, 0.1) is 6.92 Å². The number of hydrogen-bond acceptors (Lipinski definition) is 4. The highest BCUT2D eigenvalue weighted by Gasteiger charge is 2.17. The fourth-order valence-corrected chi connectivity index (χ4v) is 1.79. The van der Waals surface area contributed by atoms with E-state index in [9.17, 15) is 17.7 Å². The lowest BCUT2D eigenvalue weighted by atomic mass is 10.1. The Morgan fingerprint density at radius 3 is 2.53 bits per heavy atom. The van der Waals surface area contributed by atoms with Crippen LogP contribution in [0.4, 0.5) is 4.53 Å². The van der Waals surface area contributed by atoms with Crippen molar-refractivity contribution >= 4 is 25.7 Å². The van der Waals surface area contributed by atoms with E-state index in [1.165, 1.54) is 19.1 Å². The molecule has 82 valence electrons. The van der Waals surface area contributed by atoms with Crippen molar-refractivity contribution in [3.63, 3.8) is 0 Å². The van der Waals surface area contributed by atoms with Gasteiger partial charge >= 0.3 is 5.97 Å². The molecule has 1 aromatic carbocycles. The number of hydrogen-bond donors (Lipinski definition) is 0. The molecule has 0 unspecified atom stereocenters. The zero-order valence-electron chi connectivity index (χ0n) is 7.53. The Morgan fingerprint density at radius 1 is 1.47 bits per heavy atom. The van der Waals surface area contributed by atoms with Crippen molar-refractivity contribution in [2.24, 2.45) is 0 Å². The molecule has 0 aliphatic heterocycles. The van der Waals surface area contributed by atoms with Crippen LogP contribution in [0.15, 0.2) is 23.1 Å². The Kier molecular flexibility index (Phi) is 3.31. The van der Waals surface area contributed by atoms with E-state index in [4.69, 9.17) is 10.7 Å². The zero-order valence-corrected chi connectivity index (χ0v) is 9.10. The molecule has 0 bridgehead atoms. The first kappa shape index (κ1) is 11.9. The van der Waals surface area contributed by atoms with Crippen molar-refractivity contribution in [1.82, 2.24) is 0 Å². The predicted molar refractivity (Wildman–Crippen MR) is 50.7 cm³/mol. The van der Waals surface area contributed by atoms with Crippen LogP contribution in [0.5, 0.6) is 0 Å². The molecule has 0 aliphatic rings. The van der Waals surface area contributed by atoms with Gasteiger partial charge in [0.05, 0.1) is 10.5 Å². The number of carbonyl (C=O) groups excluding carboxylic acids is 1. The number of halogens is 2. The lowest BCUT2D eigenvalue weighted by Crippen LogP contribution is -2.03. The topological polar surface area (TPSA) is 60.4 Å². The quantitative estimate of drug-likeness (QED) is 0.755. The van der Waals surface area contributed by atoms with Gasteiger partial charge in [0.2, 0.25) is 0 Å². The summed E-state index contributed by atoms with van der Waals surface area (Å²) >= 11 is 0. The second-order valence-electron chi connectivity index (χ2n) is 2.78. The van der Waals surface area contributed by atoms with E-state index in [1.54, 1.807) is 0 Å². The first-order valence-electron chi connectivity index (χ1n) is 3.74. The summed E-state index contributed by atoms with van der Waals surface area (Å²) in [5.41, 5.74) is 0.209. The summed E-state index contributed by atoms with van der Waals surface area (Å²) in [5.74, 6) is -1.25. The van der Waals surface area contributed by atoms with Crippen LogP contribution in [-0.4, -0.2) is 14.4 Å². The summed E-state index contributed by atoms with van der Waals surface area (Å²) in [5, 5.41) is 0. The van der Waals surface area contributed by atoms with E-state index in [2.05, 4.69) is 4.94 Å². The van der Waals surface area contributed by atoms with Gasteiger partial charge in [0.1, 0.15) is 0 Å². The summed E-state index contributed by atoms with van der Waals surface area (Å²) in [6.45, 7) is 1.51. The van der Waals surface area contributed by atoms with Crippen LogP contribution in [0.2, 0.25) is 0 Å². The molecule has 0 amide bonds. The zero-order chi connectivity index (χ0) is 11.6. The Hall–Kier alpha value is -1.14. The summed E-state index contributed by atoms with van der Waals surface area (Å²) in [4.78, 5) is 13.6. The van der Waals surface area contributed by atoms with Crippen molar-refractivity contribution in [2.45, 2.75) is 11.8 Å². The third-order valence-corrected chi connectivity index (χ3v) is 3.13. The van der Waals surface area contributed by atoms with Gasteiger partial charge < -0.3 is 0 Å². The van der Waals surface area contributed by atoms with Gasteiger partial charge in [-0.1, -0.05) is 6.07 Å². The summed E-state index contributed by atoms with van der Waals surface area (Å²) in [7, 11) is 1.12. The van der Waals surface area contributed by atoms with Gasteiger partial charge in [-0.15, -0.1) is 0 Å². The van der Waals surface area contributed by atoms with Crippen LogP contribution in [-0.2, 0) is 14.0 Å². The first-order valence-corrected chi connectivity index (χ1v) is 6.05. The molecule has 4 nitrogen and oxygen atoms in total. The van der Waals surface area contributed by atoms with Crippen LogP contribution in [0.1, 0.15) is 15.9 Å². The Labute approximate surface area is 89.9 Å². The van der Waals surface area contributed by atoms with Gasteiger partial charge in [0, 0.05) is 15.2 Å². The molecule has 0 N–H and O–H groups in total. The Morgan fingerprint density at radius 2 is 2.07 bits per heavy atom. The highest BCUT2D eigenvalue weighted by Crippen LogP contribution is 2.19. The molecule has 0 saturated carbocycles. The van der Waals surface area contributed by atoms with E-state index < -0.39 is 15.0 Å². The van der Waals surface area contributed by atoms with Crippen molar-refractivity contribution < 1.29 is 22.7 Å². The minimum absolute atomic E-state index is 0.181. The molecular formula is C8H6ClFO4S. The van der Waals surface area contributed by atoms with E-state index in [-0.39, 0.29) is 10.5 Å². The third-order valence-electron chi connectivity index (χ3n) is 1.78. The molecule has 0 fully saturated rings. The number of aryl methyl sites for hydroxylation is 1. The van der Waals surface area contributed by atoms with Gasteiger partial charge in [-0.05, 0) is 24.6 Å². The van der Waals surface area contributed by atoms with Gasteiger partial charge in [-0.3, -0.25) is 0 Å². The molecule has 0 atom stereocenters. The van der Waals surface area contributed by atoms with E-state index in [1.807, 2.05) is 0 Å². The van der Waals surface area contributed by atoms with Crippen molar-refractivity contribution in [1.29, 1.82) is 0 Å². The SMILES string of the molecule is Cc1ccc(S(=O)(=O)Cl)cc1C(=O)OF. The van der Waals surface area contributed by atoms with Crippen LogP contribution >= 0.6 is 10.7 Å². The fourth-order valence-electron chi connectivity index (χ4n) is 1.01. The van der Waals surface area contributed by atoms with Crippen LogP contribution in [0.3, 0.4) is 0 Å². The maximum Gasteiger partial charge on any atom is 0.379 e. The smallest absolute Gasteiger partial charge is 0.249 e. The largest absolute Gasteiger partial charge is 0.379 e. The van der Waals surface area contributed by atoms with Gasteiger partial charge in [-0.2, -0.15) is 0 Å². The minimum atomic E-state index is -3.94. The number of benzene rings is 1. The maximum absolute atomic E-state index is 11.6. The maximum atomic E-state index is 11.6. The van der Waals surface area contributed by atoms with Crippen molar-refractivity contribution in [2.75, 3.05) is 0 Å². The second-order valence-corrected chi connectivity index (χ2v) is 5.35. The Balaban J connectivity index is 3.36. The van der Waals surface area contributed by atoms with E-state index in [0.29, 0.717) is 5.56 Å². The highest BCUT2D eigenvalue weighted by atomic mass is 35.7. The number of rotatable bonds is 2. The molecule has 1 aromatic rings. The molecule has 0 saturated heterocycles. The molecule has 0 aliphatic carbocycles. The molecule has 0 heterocycles. The lowest BCUT2D eigenvalue weighted by Gasteiger charge is -2.02. The first-order chi connectivity index (χ1) is 6.86. The molecular weight excluding hydrogens is 247 g/mol. The van der Waals surface area contributed by atoms with Crippen molar-refractivity contribution in [3.05, 3.63) is 29.3 Å². The molecule has 0 spiro atoms. The summed E-state index contributed by atoms with van der Waals surface area (Å²) in [6.07, 6.45) is 0. The van der Waals surface area contributed by atoms with Gasteiger partial charge in [-0.25, -0.2) is 18.2 Å². The van der Waals surface area contributed by atoms with Gasteiger partial charge in [0.15, 0.2) is 0 Å². The number of carbonyl (C=O) groups is 1. The van der Waals surface area contributed by atoms with Crippen LogP contribution in [0.25, 0.3) is 0 Å². The third kappa shape index (κ3) is 2.66. The van der Waals surface area contributed by atoms with E-state index >= 15 is 0 Å². The fraction of sp³-hybridized carbons (Fsp3) is 0.125. The van der Waals surface area contributed by atoms with Gasteiger partial charge in [0.25, 0.3) is 9.05 Å². The summed E-state index contributed by atoms with van der Waals surface area (Å²) in [6, 6.07) is 3.51. The molecule has 0 aromatic heterocycles. The van der Waals surface area contributed by atoms with Crippen molar-refractivity contribution in [3.8, 4) is 0 Å². The Bertz CT molecular complexity index is 497. The molecule has 1 rings (SSSR count). The standard InChI is InChI=1S/C8H6ClFO4S/c1-5-2-3-6(15(9,12)13)4-7(5)8(11)14-10/h2-4H,1H3.